The third kappa shape index (κ3) is 6.24. The number of nitrogens with zero attached hydrogens (tertiary/aromatic N) is 5. The molecule has 3 aromatic heterocycles. The van der Waals surface area contributed by atoms with Crippen molar-refractivity contribution in [3.8, 4) is 11.3 Å². The van der Waals surface area contributed by atoms with Crippen molar-refractivity contribution in [1.82, 2.24) is 14.3 Å². The van der Waals surface area contributed by atoms with E-state index in [0.717, 1.165) is 60.4 Å². The van der Waals surface area contributed by atoms with Crippen LogP contribution >= 0.6 is 0 Å². The van der Waals surface area contributed by atoms with Crippen molar-refractivity contribution in [3.05, 3.63) is 101 Å². The number of benzene rings is 1. The van der Waals surface area contributed by atoms with Gasteiger partial charge < -0.3 is 0 Å². The Morgan fingerprint density at radius 3 is 1.94 bits per heavy atom. The third-order valence-corrected chi connectivity index (χ3v) is 6.10. The molecule has 180 valence electrons. The van der Waals surface area contributed by atoms with E-state index in [4.69, 9.17) is 15.2 Å². The molecule has 35 heavy (non-hydrogen) atoms. The maximum atomic E-state index is 4.86. The van der Waals surface area contributed by atoms with E-state index < -0.39 is 0 Å². The zero-order valence-corrected chi connectivity index (χ0v) is 21.1. The van der Waals surface area contributed by atoms with Crippen LogP contribution < -0.4 is 0 Å². The van der Waals surface area contributed by atoms with Gasteiger partial charge in [-0.05, 0) is 69.0 Å². The fraction of sp³-hybridized carbons (Fsp3) is 0.300. The molecule has 0 aliphatic rings. The van der Waals surface area contributed by atoms with Gasteiger partial charge in [0, 0.05) is 22.6 Å². The van der Waals surface area contributed by atoms with Crippen LogP contribution in [-0.2, 0) is 12.8 Å². The summed E-state index contributed by atoms with van der Waals surface area (Å²) in [6.45, 7) is 6.51. The molecule has 0 radical (unpaired) electrons. The summed E-state index contributed by atoms with van der Waals surface area (Å²) >= 11 is 0. The lowest BCUT2D eigenvalue weighted by atomic mass is 10.2. The van der Waals surface area contributed by atoms with E-state index in [1.54, 1.807) is 0 Å². The van der Waals surface area contributed by atoms with Crippen LogP contribution in [0, 0.1) is 6.92 Å². The average molecular weight is 466 g/mol. The Kier molecular flexibility index (Phi) is 8.44. The summed E-state index contributed by atoms with van der Waals surface area (Å²) in [5, 5.41) is 9.58. The van der Waals surface area contributed by atoms with Crippen molar-refractivity contribution in [2.45, 2.75) is 59.3 Å². The topological polar surface area (TPSA) is 47.5 Å². The molecule has 5 heteroatoms. The highest BCUT2D eigenvalue weighted by Crippen LogP contribution is 2.23. The van der Waals surface area contributed by atoms with Crippen LogP contribution in [0.25, 0.3) is 11.3 Å². The van der Waals surface area contributed by atoms with Gasteiger partial charge in [-0.25, -0.2) is 14.3 Å². The van der Waals surface area contributed by atoms with E-state index in [1.807, 2.05) is 41.4 Å². The summed E-state index contributed by atoms with van der Waals surface area (Å²) in [4.78, 5) is 4.76. The quantitative estimate of drug-likeness (QED) is 0.218. The van der Waals surface area contributed by atoms with Crippen molar-refractivity contribution >= 4 is 12.4 Å². The second-order valence-electron chi connectivity index (χ2n) is 8.85. The molecule has 0 saturated carbocycles. The van der Waals surface area contributed by atoms with Gasteiger partial charge in [-0.2, -0.15) is 10.2 Å². The monoisotopic (exact) mass is 465 g/mol. The van der Waals surface area contributed by atoms with Crippen LogP contribution in [0.2, 0.25) is 0 Å². The van der Waals surface area contributed by atoms with E-state index >= 15 is 0 Å². The van der Waals surface area contributed by atoms with Gasteiger partial charge in [0.2, 0.25) is 0 Å². The minimum Gasteiger partial charge on any atom is -0.246 e. The standard InChI is InChI=1S/C30H35N5/c1-4-6-16-28-19-18-24(3)34(28)31-22-26-14-11-15-27(33-26)23-32-35-29(17-7-5-2)20-21-30(35)25-12-9-8-10-13-25/h8-15,18-23H,4-7,16-17H2,1-3H3/b31-22+,32-23+. The summed E-state index contributed by atoms with van der Waals surface area (Å²) in [6, 6.07) is 25.0. The van der Waals surface area contributed by atoms with Crippen LogP contribution in [0.5, 0.6) is 0 Å². The number of aryl methyl sites for hydroxylation is 3. The number of hydrogen-bond acceptors (Lipinski definition) is 3. The Morgan fingerprint density at radius 2 is 1.29 bits per heavy atom. The molecule has 4 rings (SSSR count). The lowest BCUT2D eigenvalue weighted by Gasteiger charge is -2.08. The van der Waals surface area contributed by atoms with Crippen molar-refractivity contribution in [2.75, 3.05) is 0 Å². The highest BCUT2D eigenvalue weighted by Gasteiger charge is 2.09. The summed E-state index contributed by atoms with van der Waals surface area (Å²) in [6.07, 6.45) is 10.3. The lowest BCUT2D eigenvalue weighted by molar-refractivity contribution is 0.714. The molecule has 4 aromatic rings. The van der Waals surface area contributed by atoms with Crippen LogP contribution in [0.3, 0.4) is 0 Å². The normalized spacial score (nSPS) is 11.7. The largest absolute Gasteiger partial charge is 0.246 e. The van der Waals surface area contributed by atoms with Gasteiger partial charge >= 0.3 is 0 Å². The molecular weight excluding hydrogens is 430 g/mol. The third-order valence-electron chi connectivity index (χ3n) is 6.10. The molecule has 0 atom stereocenters. The zero-order chi connectivity index (χ0) is 24.5. The molecular formula is C30H35N5. The molecule has 0 unspecified atom stereocenters. The van der Waals surface area contributed by atoms with E-state index in [1.165, 1.54) is 17.8 Å². The zero-order valence-electron chi connectivity index (χ0n) is 21.1. The predicted octanol–water partition coefficient (Wildman–Crippen LogP) is 7.11. The van der Waals surface area contributed by atoms with E-state index in [2.05, 4.69) is 74.0 Å². The first-order valence-corrected chi connectivity index (χ1v) is 12.7. The molecule has 0 amide bonds. The molecule has 3 heterocycles. The fourth-order valence-electron chi connectivity index (χ4n) is 4.13. The van der Waals surface area contributed by atoms with E-state index in [0.29, 0.717) is 0 Å². The Morgan fingerprint density at radius 1 is 0.686 bits per heavy atom. The summed E-state index contributed by atoms with van der Waals surface area (Å²) in [5.41, 5.74) is 7.44. The fourth-order valence-corrected chi connectivity index (χ4v) is 4.13. The first-order valence-electron chi connectivity index (χ1n) is 12.7. The molecule has 0 N–H and O–H groups in total. The number of rotatable bonds is 11. The number of unbranched alkanes of at least 4 members (excludes halogenated alkanes) is 2. The molecule has 0 aliphatic carbocycles. The predicted molar refractivity (Wildman–Crippen MR) is 146 cm³/mol. The highest BCUT2D eigenvalue weighted by atomic mass is 15.4. The maximum absolute atomic E-state index is 4.86. The molecule has 0 saturated heterocycles. The van der Waals surface area contributed by atoms with Gasteiger partial charge in [0.15, 0.2) is 0 Å². The molecule has 0 aliphatic heterocycles. The first kappa shape index (κ1) is 24.4. The summed E-state index contributed by atoms with van der Waals surface area (Å²) in [7, 11) is 0. The number of pyridine rings is 1. The summed E-state index contributed by atoms with van der Waals surface area (Å²) in [5.74, 6) is 0. The second-order valence-corrected chi connectivity index (χ2v) is 8.85. The Labute approximate surface area is 208 Å². The highest BCUT2D eigenvalue weighted by molar-refractivity contribution is 5.82. The average Bonchev–Trinajstić information content (AvgIpc) is 3.46. The van der Waals surface area contributed by atoms with Gasteiger partial charge in [0.1, 0.15) is 0 Å². The molecule has 5 nitrogen and oxygen atoms in total. The van der Waals surface area contributed by atoms with Gasteiger partial charge in [-0.1, -0.05) is 63.1 Å². The second kappa shape index (κ2) is 12.1. The Balaban J connectivity index is 1.58. The number of hydrogen-bond donors (Lipinski definition) is 0. The summed E-state index contributed by atoms with van der Waals surface area (Å²) < 4.78 is 4.07. The minimum absolute atomic E-state index is 0.804. The smallest absolute Gasteiger partial charge is 0.0838 e. The maximum Gasteiger partial charge on any atom is 0.0838 e. The first-order chi connectivity index (χ1) is 17.2. The van der Waals surface area contributed by atoms with Crippen LogP contribution in [0.1, 0.15) is 68.0 Å². The minimum atomic E-state index is 0.804. The van der Waals surface area contributed by atoms with Crippen molar-refractivity contribution in [3.63, 3.8) is 0 Å². The molecule has 1 aromatic carbocycles. The van der Waals surface area contributed by atoms with Crippen molar-refractivity contribution < 1.29 is 0 Å². The Bertz CT molecular complexity index is 1280. The SMILES string of the molecule is CCCCc1ccc(C)n1/N=C/c1cccc(/C=N/n2c(CCCC)ccc2-c2ccccc2)n1. The Hall–Kier alpha value is -3.73. The van der Waals surface area contributed by atoms with Gasteiger partial charge in [0.05, 0.1) is 29.5 Å². The lowest BCUT2D eigenvalue weighted by Crippen LogP contribution is -2.02. The van der Waals surface area contributed by atoms with Crippen LogP contribution in [0.15, 0.2) is 83.0 Å². The van der Waals surface area contributed by atoms with Gasteiger partial charge in [-0.15, -0.1) is 0 Å². The van der Waals surface area contributed by atoms with Gasteiger partial charge in [0.25, 0.3) is 0 Å². The van der Waals surface area contributed by atoms with Crippen molar-refractivity contribution in [2.24, 2.45) is 10.2 Å². The van der Waals surface area contributed by atoms with Crippen molar-refractivity contribution in [1.29, 1.82) is 0 Å². The van der Waals surface area contributed by atoms with Crippen LogP contribution in [0.4, 0.5) is 0 Å². The molecule has 0 fully saturated rings. The number of aromatic nitrogens is 3. The van der Waals surface area contributed by atoms with Crippen LogP contribution in [-0.4, -0.2) is 26.8 Å². The van der Waals surface area contributed by atoms with Gasteiger partial charge in [-0.3, -0.25) is 0 Å². The van der Waals surface area contributed by atoms with E-state index in [-0.39, 0.29) is 0 Å². The molecule has 0 bridgehead atoms. The van der Waals surface area contributed by atoms with E-state index in [9.17, 15) is 0 Å². The molecule has 0 spiro atoms.